The molecule has 0 atom stereocenters. The Bertz CT molecular complexity index is 1740. The van der Waals surface area contributed by atoms with Gasteiger partial charge in [-0.1, -0.05) is 51.5 Å². The van der Waals surface area contributed by atoms with E-state index >= 15 is 0 Å². The van der Waals surface area contributed by atoms with Gasteiger partial charge in [-0.15, -0.1) is 0 Å². The lowest BCUT2D eigenvalue weighted by Gasteiger charge is -2.25. The molecule has 4 aromatic rings. The van der Waals surface area contributed by atoms with Crippen LogP contribution in [0.2, 0.25) is 0 Å². The molecule has 6 nitrogen and oxygen atoms in total. The number of aryl methyl sites for hydroxylation is 3. The first-order valence-electron chi connectivity index (χ1n) is 15.1. The Kier molecular flexibility index (Phi) is 10.1. The number of fused-ring (bicyclic) bond motifs is 1. The van der Waals surface area contributed by atoms with Crippen molar-refractivity contribution in [1.82, 2.24) is 0 Å². The molecule has 240 valence electrons. The van der Waals surface area contributed by atoms with E-state index in [4.69, 9.17) is 13.9 Å². The van der Waals surface area contributed by atoms with Gasteiger partial charge in [0.05, 0.1) is 29.6 Å². The minimum absolute atomic E-state index is 0.0354. The van der Waals surface area contributed by atoms with Crippen molar-refractivity contribution in [2.24, 2.45) is 11.8 Å². The molecule has 0 aliphatic rings. The number of alkyl halides is 3. The molecular formula is C36H41F3NO5+. The standard InChI is InChI=1S/C36H40F3NO5/c1-20(2)17-40(18-21(3)4)19-28-29(44-35(42)26-11-9-22(5)10-12-26)14-13-27-31(41)33(34(36(37,38)39)45-32(27)28)43-30-16-23(6)15-24(7)25(30)8/h9-16,20-21H,17-19H2,1-8H3/p+1. The highest BCUT2D eigenvalue weighted by Crippen LogP contribution is 2.41. The van der Waals surface area contributed by atoms with Crippen molar-refractivity contribution < 1.29 is 36.8 Å². The van der Waals surface area contributed by atoms with Crippen LogP contribution in [0.4, 0.5) is 13.2 Å². The molecule has 1 N–H and O–H groups in total. The van der Waals surface area contributed by atoms with E-state index in [0.717, 1.165) is 21.6 Å². The highest BCUT2D eigenvalue weighted by atomic mass is 19.4. The minimum atomic E-state index is -5.05. The lowest BCUT2D eigenvalue weighted by molar-refractivity contribution is -0.919. The highest BCUT2D eigenvalue weighted by molar-refractivity contribution is 5.92. The molecule has 0 unspecified atom stereocenters. The number of rotatable bonds is 10. The lowest BCUT2D eigenvalue weighted by Crippen LogP contribution is -3.11. The predicted molar refractivity (Wildman–Crippen MR) is 168 cm³/mol. The summed E-state index contributed by atoms with van der Waals surface area (Å²) in [6, 6.07) is 13.0. The monoisotopic (exact) mass is 624 g/mol. The summed E-state index contributed by atoms with van der Waals surface area (Å²) in [5, 5.41) is -0.0985. The molecule has 0 fully saturated rings. The Morgan fingerprint density at radius 3 is 2.07 bits per heavy atom. The first kappa shape index (κ1) is 33.8. The molecule has 0 spiro atoms. The minimum Gasteiger partial charge on any atom is -0.449 e. The van der Waals surface area contributed by atoms with Crippen LogP contribution in [0, 0.1) is 39.5 Å². The number of ether oxygens (including phenoxy) is 2. The molecule has 0 amide bonds. The maximum Gasteiger partial charge on any atom is 0.453 e. The van der Waals surface area contributed by atoms with Crippen molar-refractivity contribution in [3.8, 4) is 17.2 Å². The second kappa shape index (κ2) is 13.5. The number of carbonyl (C=O) groups excluding carboxylic acids is 1. The summed E-state index contributed by atoms with van der Waals surface area (Å²) < 4.78 is 61.0. The number of hydrogen-bond acceptors (Lipinski definition) is 5. The molecule has 45 heavy (non-hydrogen) atoms. The average Bonchev–Trinajstić information content (AvgIpc) is 2.92. The van der Waals surface area contributed by atoms with Gasteiger partial charge >= 0.3 is 12.1 Å². The molecule has 0 radical (unpaired) electrons. The molecule has 4 rings (SSSR count). The van der Waals surface area contributed by atoms with Crippen LogP contribution in [-0.4, -0.2) is 19.1 Å². The molecule has 0 aliphatic carbocycles. The molecule has 1 aromatic heterocycles. The van der Waals surface area contributed by atoms with Crippen molar-refractivity contribution in [1.29, 1.82) is 0 Å². The van der Waals surface area contributed by atoms with Crippen LogP contribution in [0.5, 0.6) is 17.2 Å². The first-order chi connectivity index (χ1) is 21.0. The topological polar surface area (TPSA) is 70.2 Å². The van der Waals surface area contributed by atoms with Crippen LogP contribution in [0.3, 0.4) is 0 Å². The third-order valence-corrected chi connectivity index (χ3v) is 7.62. The van der Waals surface area contributed by atoms with Gasteiger partial charge in [-0.2, -0.15) is 13.2 Å². The fourth-order valence-corrected chi connectivity index (χ4v) is 5.52. The molecule has 0 bridgehead atoms. The highest BCUT2D eigenvalue weighted by Gasteiger charge is 2.41. The van der Waals surface area contributed by atoms with Gasteiger partial charge in [-0.25, -0.2) is 4.79 Å². The van der Waals surface area contributed by atoms with Crippen LogP contribution in [-0.2, 0) is 12.7 Å². The van der Waals surface area contributed by atoms with E-state index in [9.17, 15) is 22.8 Å². The Labute approximate surface area is 261 Å². The number of benzene rings is 3. The van der Waals surface area contributed by atoms with Gasteiger partial charge in [-0.3, -0.25) is 4.79 Å². The van der Waals surface area contributed by atoms with Crippen LogP contribution < -0.4 is 19.8 Å². The van der Waals surface area contributed by atoms with Gasteiger partial charge in [0, 0.05) is 11.8 Å². The summed E-state index contributed by atoms with van der Waals surface area (Å²) in [5.74, 6) is -2.44. The van der Waals surface area contributed by atoms with Crippen molar-refractivity contribution in [3.63, 3.8) is 0 Å². The number of esters is 1. The van der Waals surface area contributed by atoms with E-state index < -0.39 is 29.1 Å². The molecule has 0 aliphatic heterocycles. The molecule has 0 saturated carbocycles. The molecule has 3 aromatic carbocycles. The number of quaternary nitrogens is 1. The SMILES string of the molecule is Cc1ccc(C(=O)Oc2ccc3c(=O)c(Oc4cc(C)cc(C)c4C)c(C(F)(F)F)oc3c2C[NH+](CC(C)C)CC(C)C)cc1. The van der Waals surface area contributed by atoms with Gasteiger partial charge in [0.15, 0.2) is 5.58 Å². The van der Waals surface area contributed by atoms with Crippen LogP contribution in [0.15, 0.2) is 57.7 Å². The summed E-state index contributed by atoms with van der Waals surface area (Å²) in [7, 11) is 0. The second-order valence-electron chi connectivity index (χ2n) is 12.7. The Morgan fingerprint density at radius 1 is 0.867 bits per heavy atom. The van der Waals surface area contributed by atoms with Crippen LogP contribution >= 0.6 is 0 Å². The van der Waals surface area contributed by atoms with Gasteiger partial charge in [0.25, 0.3) is 5.76 Å². The zero-order valence-corrected chi connectivity index (χ0v) is 27.1. The Morgan fingerprint density at radius 2 is 1.49 bits per heavy atom. The number of carbonyl (C=O) groups is 1. The lowest BCUT2D eigenvalue weighted by atomic mass is 10.0. The van der Waals surface area contributed by atoms with E-state index in [-0.39, 0.29) is 52.0 Å². The maximum atomic E-state index is 14.6. The van der Waals surface area contributed by atoms with E-state index in [0.29, 0.717) is 18.7 Å². The maximum absolute atomic E-state index is 14.6. The van der Waals surface area contributed by atoms with Crippen molar-refractivity contribution >= 4 is 16.9 Å². The fraction of sp³-hybridized carbons (Fsp3) is 0.389. The summed E-state index contributed by atoms with van der Waals surface area (Å²) >= 11 is 0. The third-order valence-electron chi connectivity index (χ3n) is 7.62. The van der Waals surface area contributed by atoms with Gasteiger partial charge < -0.3 is 18.8 Å². The number of nitrogens with one attached hydrogen (secondary N) is 1. The van der Waals surface area contributed by atoms with Gasteiger partial charge in [-0.05, 0) is 74.7 Å². The van der Waals surface area contributed by atoms with Gasteiger partial charge in [0.1, 0.15) is 18.0 Å². The normalized spacial score (nSPS) is 12.0. The number of hydrogen-bond donors (Lipinski definition) is 1. The third kappa shape index (κ3) is 7.95. The smallest absolute Gasteiger partial charge is 0.449 e. The fourth-order valence-electron chi connectivity index (χ4n) is 5.52. The average molecular weight is 625 g/mol. The van der Waals surface area contributed by atoms with Gasteiger partial charge in [0.2, 0.25) is 11.2 Å². The summed E-state index contributed by atoms with van der Waals surface area (Å²) in [6.07, 6.45) is -5.05. The van der Waals surface area contributed by atoms with Crippen molar-refractivity contribution in [2.75, 3.05) is 13.1 Å². The molecule has 1 heterocycles. The van der Waals surface area contributed by atoms with Crippen LogP contribution in [0.25, 0.3) is 11.0 Å². The Hall–Kier alpha value is -4.11. The van der Waals surface area contributed by atoms with E-state index in [2.05, 4.69) is 27.7 Å². The molecule has 0 saturated heterocycles. The molecular weight excluding hydrogens is 583 g/mol. The molecule has 9 heteroatoms. The first-order valence-corrected chi connectivity index (χ1v) is 15.1. The zero-order chi connectivity index (χ0) is 33.2. The quantitative estimate of drug-likeness (QED) is 0.144. The second-order valence-corrected chi connectivity index (χ2v) is 12.7. The zero-order valence-electron chi connectivity index (χ0n) is 27.1. The largest absolute Gasteiger partial charge is 0.453 e. The predicted octanol–water partition coefficient (Wildman–Crippen LogP) is 7.75. The Balaban J connectivity index is 1.96. The summed E-state index contributed by atoms with van der Waals surface area (Å²) in [4.78, 5) is 28.1. The summed E-state index contributed by atoms with van der Waals surface area (Å²) in [5.41, 5.74) is 2.39. The van der Waals surface area contributed by atoms with E-state index in [1.807, 2.05) is 19.9 Å². The van der Waals surface area contributed by atoms with E-state index in [1.165, 1.54) is 12.1 Å². The van der Waals surface area contributed by atoms with Crippen molar-refractivity contribution in [2.45, 2.75) is 68.1 Å². The van der Waals surface area contributed by atoms with Crippen molar-refractivity contribution in [3.05, 3.63) is 97.9 Å². The van der Waals surface area contributed by atoms with Crippen LogP contribution in [0.1, 0.15) is 71.6 Å². The summed E-state index contributed by atoms with van der Waals surface area (Å²) in [6.45, 7) is 17.0. The van der Waals surface area contributed by atoms with E-state index in [1.54, 1.807) is 44.2 Å². The number of halogens is 3.